The highest BCUT2D eigenvalue weighted by molar-refractivity contribution is 5.74. The van der Waals surface area contributed by atoms with Crippen LogP contribution >= 0.6 is 0 Å². The SMILES string of the molecule is Nc1nnc(-c2ccccc2O)cc1N1CC2CCC(C1)N2c1ccnc(C#CCC2CCNC2)c1. The Bertz CT molecular complexity index is 1300. The number of phenolic OH excluding ortho intramolecular Hbond substituents is 1. The smallest absolute Gasteiger partial charge is 0.169 e. The summed E-state index contributed by atoms with van der Waals surface area (Å²) in [4.78, 5) is 9.37. The van der Waals surface area contributed by atoms with E-state index in [1.54, 1.807) is 12.1 Å². The summed E-state index contributed by atoms with van der Waals surface area (Å²) < 4.78 is 0. The van der Waals surface area contributed by atoms with Crippen molar-refractivity contribution in [3.63, 3.8) is 0 Å². The molecule has 2 aromatic heterocycles. The number of nitrogens with zero attached hydrogens (tertiary/aromatic N) is 5. The molecule has 0 spiro atoms. The molecule has 0 amide bonds. The Hall–Kier alpha value is -3.83. The Morgan fingerprint density at radius 2 is 1.89 bits per heavy atom. The molecule has 184 valence electrons. The van der Waals surface area contributed by atoms with E-state index in [1.807, 2.05) is 24.4 Å². The quantitative estimate of drug-likeness (QED) is 0.489. The van der Waals surface area contributed by atoms with Crippen LogP contribution in [0.5, 0.6) is 5.75 Å². The van der Waals surface area contributed by atoms with Gasteiger partial charge in [0, 0.05) is 49.0 Å². The average molecular weight is 482 g/mol. The monoisotopic (exact) mass is 481 g/mol. The molecular formula is C28H31N7O. The molecule has 5 heterocycles. The molecular weight excluding hydrogens is 450 g/mol. The van der Waals surface area contributed by atoms with Crippen LogP contribution in [0.4, 0.5) is 17.2 Å². The Kier molecular flexibility index (Phi) is 6.08. The highest BCUT2D eigenvalue weighted by Crippen LogP contribution is 2.39. The number of rotatable bonds is 4. The first-order chi connectivity index (χ1) is 17.7. The van der Waals surface area contributed by atoms with E-state index in [0.717, 1.165) is 56.8 Å². The fraction of sp³-hybridized carbons (Fsp3) is 0.393. The van der Waals surface area contributed by atoms with Crippen molar-refractivity contribution in [2.45, 2.75) is 37.8 Å². The van der Waals surface area contributed by atoms with E-state index < -0.39 is 0 Å². The predicted molar refractivity (Wildman–Crippen MR) is 142 cm³/mol. The van der Waals surface area contributed by atoms with Gasteiger partial charge in [-0.1, -0.05) is 18.1 Å². The molecule has 4 N–H and O–H groups in total. The summed E-state index contributed by atoms with van der Waals surface area (Å²) in [6, 6.07) is 14.1. The molecule has 3 fully saturated rings. The number of pyridine rings is 1. The molecule has 6 rings (SSSR count). The van der Waals surface area contributed by atoms with Crippen LogP contribution < -0.4 is 20.9 Å². The molecule has 0 saturated carbocycles. The largest absolute Gasteiger partial charge is 0.507 e. The van der Waals surface area contributed by atoms with Gasteiger partial charge in [-0.3, -0.25) is 0 Å². The number of piperazine rings is 1. The fourth-order valence-corrected chi connectivity index (χ4v) is 5.81. The average Bonchev–Trinajstić information content (AvgIpc) is 3.50. The number of anilines is 3. The number of nitrogen functional groups attached to an aromatic ring is 1. The first-order valence-corrected chi connectivity index (χ1v) is 12.8. The van der Waals surface area contributed by atoms with Crippen molar-refractivity contribution in [1.29, 1.82) is 0 Å². The van der Waals surface area contributed by atoms with Gasteiger partial charge >= 0.3 is 0 Å². The lowest BCUT2D eigenvalue weighted by Crippen LogP contribution is -2.54. The number of phenols is 1. The lowest BCUT2D eigenvalue weighted by molar-refractivity contribution is 0.477. The zero-order chi connectivity index (χ0) is 24.5. The molecule has 3 aliphatic heterocycles. The Balaban J connectivity index is 1.20. The summed E-state index contributed by atoms with van der Waals surface area (Å²) in [5, 5.41) is 22.2. The molecule has 3 aromatic rings. The van der Waals surface area contributed by atoms with Gasteiger partial charge in [-0.25, -0.2) is 4.98 Å². The number of hydrogen-bond acceptors (Lipinski definition) is 8. The molecule has 0 radical (unpaired) electrons. The van der Waals surface area contributed by atoms with Crippen molar-refractivity contribution < 1.29 is 5.11 Å². The van der Waals surface area contributed by atoms with E-state index in [9.17, 15) is 5.11 Å². The Morgan fingerprint density at radius 3 is 2.67 bits per heavy atom. The van der Waals surface area contributed by atoms with Crippen LogP contribution in [-0.2, 0) is 0 Å². The minimum atomic E-state index is 0.184. The maximum absolute atomic E-state index is 10.3. The molecule has 0 aliphatic carbocycles. The van der Waals surface area contributed by atoms with E-state index in [1.165, 1.54) is 12.1 Å². The number of aromatic hydroxyl groups is 1. The van der Waals surface area contributed by atoms with Crippen molar-refractivity contribution in [1.82, 2.24) is 20.5 Å². The van der Waals surface area contributed by atoms with E-state index in [4.69, 9.17) is 5.73 Å². The third-order valence-corrected chi connectivity index (χ3v) is 7.62. The lowest BCUT2D eigenvalue weighted by atomic mass is 10.1. The van der Waals surface area contributed by atoms with Crippen LogP contribution in [0.15, 0.2) is 48.7 Å². The summed E-state index contributed by atoms with van der Waals surface area (Å²) >= 11 is 0. The maximum atomic E-state index is 10.3. The third-order valence-electron chi connectivity index (χ3n) is 7.62. The van der Waals surface area contributed by atoms with E-state index in [-0.39, 0.29) is 5.75 Å². The van der Waals surface area contributed by atoms with Gasteiger partial charge in [-0.05, 0) is 74.5 Å². The standard InChI is InChI=1S/C28H31N7O/c29-28-26(15-25(32-33-28)24-6-1-2-7-27(24)36)34-17-22-8-9-23(18-34)35(22)21-11-13-31-20(14-21)5-3-4-19-10-12-30-16-19/h1-2,6-7,11,13-15,19,22-23,30,36H,4,8-10,12,16-18H2,(H2,29,33). The molecule has 3 unspecified atom stereocenters. The van der Waals surface area contributed by atoms with Gasteiger partial charge in [-0.2, -0.15) is 0 Å². The number of benzene rings is 1. The topological polar surface area (TPSA) is 103 Å². The number of fused-ring (bicyclic) bond motifs is 2. The van der Waals surface area contributed by atoms with Gasteiger partial charge in [0.15, 0.2) is 5.82 Å². The summed E-state index contributed by atoms with van der Waals surface area (Å²) in [7, 11) is 0. The number of hydrogen-bond donors (Lipinski definition) is 3. The minimum Gasteiger partial charge on any atom is -0.507 e. The van der Waals surface area contributed by atoms with Crippen molar-refractivity contribution in [3.8, 4) is 28.8 Å². The second-order valence-electron chi connectivity index (χ2n) is 9.98. The number of para-hydroxylation sites is 1. The number of aromatic nitrogens is 3. The van der Waals surface area contributed by atoms with Crippen molar-refractivity contribution >= 4 is 17.2 Å². The molecule has 1 aromatic carbocycles. The summed E-state index contributed by atoms with van der Waals surface area (Å²) in [6.07, 6.45) is 6.27. The molecule has 8 nitrogen and oxygen atoms in total. The van der Waals surface area contributed by atoms with Gasteiger partial charge in [0.2, 0.25) is 0 Å². The van der Waals surface area contributed by atoms with Crippen molar-refractivity contribution in [3.05, 3.63) is 54.4 Å². The lowest BCUT2D eigenvalue weighted by Gasteiger charge is -2.43. The van der Waals surface area contributed by atoms with E-state index in [0.29, 0.717) is 35.1 Å². The summed E-state index contributed by atoms with van der Waals surface area (Å²) in [5.41, 5.74) is 10.5. The minimum absolute atomic E-state index is 0.184. The van der Waals surface area contributed by atoms with Gasteiger partial charge in [-0.15, -0.1) is 10.2 Å². The summed E-state index contributed by atoms with van der Waals surface area (Å²) in [6.45, 7) is 3.88. The Labute approximate surface area is 211 Å². The number of nitrogens with one attached hydrogen (secondary N) is 1. The molecule has 3 saturated heterocycles. The number of nitrogens with two attached hydrogens (primary N) is 1. The molecule has 2 bridgehead atoms. The molecule has 8 heteroatoms. The van der Waals surface area contributed by atoms with Gasteiger partial charge in [0.05, 0.1) is 11.4 Å². The predicted octanol–water partition coefficient (Wildman–Crippen LogP) is 3.04. The highest BCUT2D eigenvalue weighted by atomic mass is 16.3. The first kappa shape index (κ1) is 22.6. The normalized spacial score (nSPS) is 22.9. The van der Waals surface area contributed by atoms with Crippen LogP contribution in [0.25, 0.3) is 11.3 Å². The fourth-order valence-electron chi connectivity index (χ4n) is 5.81. The molecule has 3 aliphatic rings. The van der Waals surface area contributed by atoms with Gasteiger partial charge in [0.1, 0.15) is 11.4 Å². The van der Waals surface area contributed by atoms with Crippen LogP contribution in [0.1, 0.15) is 31.4 Å². The first-order valence-electron chi connectivity index (χ1n) is 12.8. The molecule has 36 heavy (non-hydrogen) atoms. The van der Waals surface area contributed by atoms with E-state index in [2.05, 4.69) is 54.3 Å². The van der Waals surface area contributed by atoms with Crippen LogP contribution in [0, 0.1) is 17.8 Å². The van der Waals surface area contributed by atoms with Gasteiger partial charge in [0.25, 0.3) is 0 Å². The second kappa shape index (κ2) is 9.67. The highest BCUT2D eigenvalue weighted by Gasteiger charge is 2.40. The third kappa shape index (κ3) is 4.42. The molecule has 3 atom stereocenters. The second-order valence-corrected chi connectivity index (χ2v) is 9.98. The van der Waals surface area contributed by atoms with Crippen molar-refractivity contribution in [2.75, 3.05) is 41.7 Å². The van der Waals surface area contributed by atoms with Crippen LogP contribution in [0.2, 0.25) is 0 Å². The summed E-state index contributed by atoms with van der Waals surface area (Å²) in [5.74, 6) is 7.90. The van der Waals surface area contributed by atoms with Crippen LogP contribution in [-0.4, -0.2) is 58.6 Å². The zero-order valence-electron chi connectivity index (χ0n) is 20.3. The van der Waals surface area contributed by atoms with Crippen molar-refractivity contribution in [2.24, 2.45) is 5.92 Å². The van der Waals surface area contributed by atoms with Crippen LogP contribution in [0.3, 0.4) is 0 Å². The van der Waals surface area contributed by atoms with E-state index >= 15 is 0 Å². The maximum Gasteiger partial charge on any atom is 0.169 e. The van der Waals surface area contributed by atoms with Gasteiger partial charge < -0.3 is 26.0 Å². The zero-order valence-corrected chi connectivity index (χ0v) is 20.3. The Morgan fingerprint density at radius 1 is 1.06 bits per heavy atom.